The minimum atomic E-state index is -1.03. The van der Waals surface area contributed by atoms with Gasteiger partial charge in [0.25, 0.3) is 11.8 Å². The molecule has 0 aliphatic carbocycles. The maximum Gasteiger partial charge on any atom is 0.335 e. The highest BCUT2D eigenvalue weighted by molar-refractivity contribution is 5.96. The number of aromatic carboxylic acids is 1. The second-order valence-corrected chi connectivity index (χ2v) is 4.91. The van der Waals surface area contributed by atoms with Crippen molar-refractivity contribution in [2.75, 3.05) is 6.54 Å². The van der Waals surface area contributed by atoms with Gasteiger partial charge >= 0.3 is 5.97 Å². The summed E-state index contributed by atoms with van der Waals surface area (Å²) in [4.78, 5) is 34.0. The summed E-state index contributed by atoms with van der Waals surface area (Å²) in [7, 11) is 0. The number of benzene rings is 2. The van der Waals surface area contributed by atoms with Crippen LogP contribution in [0.2, 0.25) is 0 Å². The van der Waals surface area contributed by atoms with Gasteiger partial charge in [0.15, 0.2) is 0 Å². The maximum absolute atomic E-state index is 12.8. The highest BCUT2D eigenvalue weighted by Crippen LogP contribution is 2.03. The summed E-state index contributed by atoms with van der Waals surface area (Å²) in [5.74, 6) is -2.55. The van der Waals surface area contributed by atoms with E-state index in [2.05, 4.69) is 15.8 Å². The number of carboxylic acid groups (broad SMARTS) is 1. The Morgan fingerprint density at radius 2 is 1.60 bits per heavy atom. The Balaban J connectivity index is 1.79. The lowest BCUT2D eigenvalue weighted by Crippen LogP contribution is -2.34. The first kappa shape index (κ1) is 17.8. The first-order valence-corrected chi connectivity index (χ1v) is 7.15. The molecule has 2 aromatic rings. The molecule has 8 heteroatoms. The molecular weight excluding hydrogens is 329 g/mol. The molecule has 2 rings (SSSR count). The van der Waals surface area contributed by atoms with Gasteiger partial charge in [-0.1, -0.05) is 12.1 Å². The average Bonchev–Trinajstić information content (AvgIpc) is 2.60. The predicted octanol–water partition coefficient (Wildman–Crippen LogP) is 1.40. The Morgan fingerprint density at radius 1 is 1.00 bits per heavy atom. The average molecular weight is 343 g/mol. The van der Waals surface area contributed by atoms with Gasteiger partial charge in [-0.25, -0.2) is 14.6 Å². The van der Waals surface area contributed by atoms with Crippen molar-refractivity contribution in [2.45, 2.75) is 0 Å². The van der Waals surface area contributed by atoms with Gasteiger partial charge < -0.3 is 10.4 Å². The number of hydrogen-bond donors (Lipinski definition) is 3. The van der Waals surface area contributed by atoms with Crippen molar-refractivity contribution < 1.29 is 23.9 Å². The molecule has 0 heterocycles. The number of halogens is 1. The van der Waals surface area contributed by atoms with Gasteiger partial charge in [0.05, 0.1) is 18.3 Å². The van der Waals surface area contributed by atoms with Crippen LogP contribution in [-0.4, -0.2) is 35.6 Å². The largest absolute Gasteiger partial charge is 0.478 e. The Morgan fingerprint density at radius 3 is 2.20 bits per heavy atom. The van der Waals surface area contributed by atoms with Crippen molar-refractivity contribution in [3.63, 3.8) is 0 Å². The third-order valence-electron chi connectivity index (χ3n) is 3.08. The van der Waals surface area contributed by atoms with E-state index in [4.69, 9.17) is 5.11 Å². The number of carbonyl (C=O) groups is 3. The van der Waals surface area contributed by atoms with Crippen LogP contribution in [0.5, 0.6) is 0 Å². The van der Waals surface area contributed by atoms with Crippen molar-refractivity contribution in [3.8, 4) is 0 Å². The SMILES string of the molecule is O=C(CNC(=O)c1ccc(F)cc1)NN=Cc1ccc(C(=O)O)cc1. The number of rotatable bonds is 6. The Bertz CT molecular complexity index is 802. The number of nitrogens with zero attached hydrogens (tertiary/aromatic N) is 1. The number of hydrazone groups is 1. The van der Waals surface area contributed by atoms with Gasteiger partial charge in [0, 0.05) is 5.56 Å². The fourth-order valence-electron chi connectivity index (χ4n) is 1.79. The summed E-state index contributed by atoms with van der Waals surface area (Å²) in [6.45, 7) is -0.300. The van der Waals surface area contributed by atoms with Crippen molar-refractivity contribution >= 4 is 24.0 Å². The van der Waals surface area contributed by atoms with E-state index in [-0.39, 0.29) is 17.7 Å². The number of nitrogens with one attached hydrogen (secondary N) is 2. The van der Waals surface area contributed by atoms with E-state index in [9.17, 15) is 18.8 Å². The van der Waals surface area contributed by atoms with Crippen molar-refractivity contribution in [2.24, 2.45) is 5.10 Å². The van der Waals surface area contributed by atoms with Crippen LogP contribution in [0.15, 0.2) is 53.6 Å². The second kappa shape index (κ2) is 8.34. The number of carbonyl (C=O) groups excluding carboxylic acids is 2. The van der Waals surface area contributed by atoms with Crippen molar-refractivity contribution in [1.82, 2.24) is 10.7 Å². The molecular formula is C17H14FN3O4. The van der Waals surface area contributed by atoms with Crippen LogP contribution in [-0.2, 0) is 4.79 Å². The molecule has 0 atom stereocenters. The summed E-state index contributed by atoms with van der Waals surface area (Å²) in [6.07, 6.45) is 1.34. The zero-order valence-corrected chi connectivity index (χ0v) is 12.9. The molecule has 0 spiro atoms. The third-order valence-corrected chi connectivity index (χ3v) is 3.08. The Labute approximate surface area is 142 Å². The summed E-state index contributed by atoms with van der Waals surface area (Å²) in [5.41, 5.74) is 3.20. The van der Waals surface area contributed by atoms with Gasteiger partial charge in [0.1, 0.15) is 5.82 Å². The molecule has 2 amide bonds. The summed E-state index contributed by atoms with van der Waals surface area (Å²) in [5, 5.41) is 14.9. The quantitative estimate of drug-likeness (QED) is 0.544. The maximum atomic E-state index is 12.8. The molecule has 0 radical (unpaired) electrons. The van der Waals surface area contributed by atoms with Crippen LogP contribution in [0.3, 0.4) is 0 Å². The smallest absolute Gasteiger partial charge is 0.335 e. The standard InChI is InChI=1S/C17H14FN3O4/c18-14-7-5-12(6-8-14)16(23)19-10-15(22)21-20-9-11-1-3-13(4-2-11)17(24)25/h1-9H,10H2,(H,19,23)(H,21,22)(H,24,25). The van der Waals surface area contributed by atoms with Crippen LogP contribution in [0.4, 0.5) is 4.39 Å². The highest BCUT2D eigenvalue weighted by Gasteiger charge is 2.07. The molecule has 0 saturated carbocycles. The molecule has 128 valence electrons. The van der Waals surface area contributed by atoms with E-state index in [1.807, 2.05) is 0 Å². The zero-order valence-electron chi connectivity index (χ0n) is 12.9. The highest BCUT2D eigenvalue weighted by atomic mass is 19.1. The molecule has 7 nitrogen and oxygen atoms in total. The van der Waals surface area contributed by atoms with Gasteiger partial charge in [-0.05, 0) is 42.0 Å². The lowest BCUT2D eigenvalue weighted by molar-refractivity contribution is -0.120. The third kappa shape index (κ3) is 5.54. The molecule has 0 fully saturated rings. The number of hydrogen-bond acceptors (Lipinski definition) is 4. The molecule has 3 N–H and O–H groups in total. The molecule has 2 aromatic carbocycles. The van der Waals surface area contributed by atoms with E-state index in [0.29, 0.717) is 5.56 Å². The van der Waals surface area contributed by atoms with Crippen LogP contribution < -0.4 is 10.7 Å². The fraction of sp³-hybridized carbons (Fsp3) is 0.0588. The lowest BCUT2D eigenvalue weighted by atomic mass is 10.1. The zero-order chi connectivity index (χ0) is 18.2. The minimum Gasteiger partial charge on any atom is -0.478 e. The van der Waals surface area contributed by atoms with Gasteiger partial charge in [0.2, 0.25) is 0 Å². The van der Waals surface area contributed by atoms with Gasteiger partial charge in [-0.15, -0.1) is 0 Å². The van der Waals surface area contributed by atoms with Gasteiger partial charge in [-0.3, -0.25) is 9.59 Å². The van der Waals surface area contributed by atoms with E-state index >= 15 is 0 Å². The van der Waals surface area contributed by atoms with E-state index in [1.54, 1.807) is 0 Å². The lowest BCUT2D eigenvalue weighted by Gasteiger charge is -2.04. The number of amides is 2. The predicted molar refractivity (Wildman–Crippen MR) is 87.9 cm³/mol. The normalized spacial score (nSPS) is 10.4. The van der Waals surface area contributed by atoms with Crippen LogP contribution in [0.25, 0.3) is 0 Å². The summed E-state index contributed by atoms with van der Waals surface area (Å²) >= 11 is 0. The van der Waals surface area contributed by atoms with E-state index in [0.717, 1.165) is 12.1 Å². The Kier molecular flexibility index (Phi) is 5.94. The fourth-order valence-corrected chi connectivity index (χ4v) is 1.79. The molecule has 0 bridgehead atoms. The molecule has 0 unspecified atom stereocenters. The monoisotopic (exact) mass is 343 g/mol. The minimum absolute atomic E-state index is 0.143. The molecule has 0 aliphatic heterocycles. The second-order valence-electron chi connectivity index (χ2n) is 4.91. The van der Waals surface area contributed by atoms with Crippen LogP contribution in [0.1, 0.15) is 26.3 Å². The van der Waals surface area contributed by atoms with Gasteiger partial charge in [-0.2, -0.15) is 5.10 Å². The molecule has 25 heavy (non-hydrogen) atoms. The van der Waals surface area contributed by atoms with E-state index in [1.165, 1.54) is 42.6 Å². The molecule has 0 saturated heterocycles. The molecule has 0 aromatic heterocycles. The van der Waals surface area contributed by atoms with Crippen LogP contribution >= 0.6 is 0 Å². The van der Waals surface area contributed by atoms with E-state index < -0.39 is 23.6 Å². The van der Waals surface area contributed by atoms with Crippen LogP contribution in [0, 0.1) is 5.82 Å². The first-order chi connectivity index (χ1) is 12.0. The summed E-state index contributed by atoms with van der Waals surface area (Å²) < 4.78 is 12.8. The van der Waals surface area contributed by atoms with Crippen molar-refractivity contribution in [1.29, 1.82) is 0 Å². The first-order valence-electron chi connectivity index (χ1n) is 7.15. The topological polar surface area (TPSA) is 108 Å². The summed E-state index contributed by atoms with van der Waals surface area (Å²) in [6, 6.07) is 10.8. The Hall–Kier alpha value is -3.55. The number of carboxylic acids is 1. The molecule has 0 aliphatic rings. The van der Waals surface area contributed by atoms with Crippen molar-refractivity contribution in [3.05, 3.63) is 71.0 Å².